The molecule has 0 fully saturated rings. The number of carbonyl (C=O) groups excluding carboxylic acids is 1. The Kier molecular flexibility index (Phi) is 4.40. The van der Waals surface area contributed by atoms with Crippen LogP contribution in [0.3, 0.4) is 0 Å². The lowest BCUT2D eigenvalue weighted by Gasteiger charge is -2.13. The van der Waals surface area contributed by atoms with E-state index in [-0.39, 0.29) is 17.7 Å². The van der Waals surface area contributed by atoms with Crippen LogP contribution in [-0.4, -0.2) is 22.4 Å². The van der Waals surface area contributed by atoms with Gasteiger partial charge in [0.25, 0.3) is 0 Å². The second kappa shape index (κ2) is 6.08. The average molecular weight is 288 g/mol. The van der Waals surface area contributed by atoms with E-state index in [4.69, 9.17) is 4.74 Å². The fraction of sp³-hybridized carbons (Fsp3) is 0.438. The summed E-state index contributed by atoms with van der Waals surface area (Å²) in [4.78, 5) is 24.5. The molecule has 21 heavy (non-hydrogen) atoms. The molecule has 0 aliphatic heterocycles. The molecule has 112 valence electrons. The molecule has 1 aromatic carbocycles. The standard InChI is InChI=1S/C16H20N2O3/c1-5-11-7-8-13-12(9-11)15(19)14(17-18(13)4)10(3)16(20)21-6-2/h7-10H,5-6H2,1-4H3. The zero-order chi connectivity index (χ0) is 15.6. The van der Waals surface area contributed by atoms with Crippen molar-refractivity contribution >= 4 is 16.9 Å². The zero-order valence-electron chi connectivity index (χ0n) is 12.8. The summed E-state index contributed by atoms with van der Waals surface area (Å²) >= 11 is 0. The van der Waals surface area contributed by atoms with Crippen LogP contribution in [0, 0.1) is 0 Å². The Morgan fingerprint density at radius 1 is 1.38 bits per heavy atom. The molecule has 0 saturated heterocycles. The first kappa shape index (κ1) is 15.2. The van der Waals surface area contributed by atoms with Crippen molar-refractivity contribution in [3.05, 3.63) is 39.7 Å². The highest BCUT2D eigenvalue weighted by molar-refractivity contribution is 5.82. The summed E-state index contributed by atoms with van der Waals surface area (Å²) < 4.78 is 6.62. The topological polar surface area (TPSA) is 61.2 Å². The van der Waals surface area contributed by atoms with E-state index in [0.717, 1.165) is 17.5 Å². The zero-order valence-corrected chi connectivity index (χ0v) is 12.8. The summed E-state index contributed by atoms with van der Waals surface area (Å²) in [5.41, 5.74) is 1.88. The summed E-state index contributed by atoms with van der Waals surface area (Å²) in [7, 11) is 1.77. The molecule has 5 heteroatoms. The Morgan fingerprint density at radius 3 is 2.71 bits per heavy atom. The van der Waals surface area contributed by atoms with Crippen molar-refractivity contribution in [2.45, 2.75) is 33.1 Å². The Balaban J connectivity index is 2.63. The molecule has 1 unspecified atom stereocenters. The van der Waals surface area contributed by atoms with E-state index in [9.17, 15) is 9.59 Å². The number of hydrogen-bond acceptors (Lipinski definition) is 4. The minimum Gasteiger partial charge on any atom is -0.465 e. The van der Waals surface area contributed by atoms with E-state index in [1.54, 1.807) is 25.6 Å². The lowest BCUT2D eigenvalue weighted by Crippen LogP contribution is -2.25. The van der Waals surface area contributed by atoms with Gasteiger partial charge in [-0.25, -0.2) is 0 Å². The minimum absolute atomic E-state index is 0.195. The van der Waals surface area contributed by atoms with Gasteiger partial charge in [-0.15, -0.1) is 0 Å². The molecule has 0 radical (unpaired) electrons. The maximum atomic E-state index is 12.6. The number of aromatic nitrogens is 2. The Hall–Kier alpha value is -2.17. The maximum absolute atomic E-state index is 12.6. The van der Waals surface area contributed by atoms with Gasteiger partial charge >= 0.3 is 5.97 Å². The molecule has 0 spiro atoms. The molecule has 2 rings (SSSR count). The van der Waals surface area contributed by atoms with Gasteiger partial charge in [-0.1, -0.05) is 13.0 Å². The van der Waals surface area contributed by atoms with E-state index in [0.29, 0.717) is 5.39 Å². The molecule has 0 aliphatic carbocycles. The lowest BCUT2D eigenvalue weighted by molar-refractivity contribution is -0.144. The second-order valence-corrected chi connectivity index (χ2v) is 5.02. The molecular weight excluding hydrogens is 268 g/mol. The first-order valence-corrected chi connectivity index (χ1v) is 7.16. The van der Waals surface area contributed by atoms with Crippen LogP contribution in [-0.2, 0) is 23.0 Å². The first-order valence-electron chi connectivity index (χ1n) is 7.16. The van der Waals surface area contributed by atoms with Crippen molar-refractivity contribution in [1.29, 1.82) is 0 Å². The second-order valence-electron chi connectivity index (χ2n) is 5.02. The summed E-state index contributed by atoms with van der Waals surface area (Å²) in [6.45, 7) is 5.72. The summed E-state index contributed by atoms with van der Waals surface area (Å²) in [6.07, 6.45) is 0.851. The van der Waals surface area contributed by atoms with Crippen LogP contribution >= 0.6 is 0 Å². The predicted octanol–water partition coefficient (Wildman–Crippen LogP) is 2.16. The van der Waals surface area contributed by atoms with Crippen molar-refractivity contribution < 1.29 is 9.53 Å². The van der Waals surface area contributed by atoms with Gasteiger partial charge < -0.3 is 4.74 Å². The van der Waals surface area contributed by atoms with E-state index in [2.05, 4.69) is 5.10 Å². The third kappa shape index (κ3) is 2.82. The number of rotatable bonds is 4. The number of ether oxygens (including phenoxy) is 1. The lowest BCUT2D eigenvalue weighted by atomic mass is 10.0. The molecule has 1 aromatic heterocycles. The van der Waals surface area contributed by atoms with E-state index in [1.165, 1.54) is 0 Å². The SMILES string of the molecule is CCOC(=O)C(C)c1nn(C)c2ccc(CC)cc2c1=O. The van der Waals surface area contributed by atoms with E-state index >= 15 is 0 Å². The quantitative estimate of drug-likeness (QED) is 0.809. The highest BCUT2D eigenvalue weighted by Gasteiger charge is 2.23. The summed E-state index contributed by atoms with van der Waals surface area (Å²) in [5, 5.41) is 4.86. The third-order valence-electron chi connectivity index (χ3n) is 3.60. The number of esters is 1. The number of benzene rings is 1. The largest absolute Gasteiger partial charge is 0.465 e. The maximum Gasteiger partial charge on any atom is 0.314 e. The van der Waals surface area contributed by atoms with Gasteiger partial charge in [-0.3, -0.25) is 14.3 Å². The highest BCUT2D eigenvalue weighted by atomic mass is 16.5. The van der Waals surface area contributed by atoms with Gasteiger partial charge in [0.2, 0.25) is 5.43 Å². The normalized spacial score (nSPS) is 12.4. The molecule has 0 bridgehead atoms. The van der Waals surface area contributed by atoms with Crippen LogP contribution in [0.4, 0.5) is 0 Å². The highest BCUT2D eigenvalue weighted by Crippen LogP contribution is 2.17. The number of nitrogens with zero attached hydrogens (tertiary/aromatic N) is 2. The minimum atomic E-state index is -0.668. The number of aryl methyl sites for hydroxylation is 2. The van der Waals surface area contributed by atoms with Gasteiger partial charge in [0, 0.05) is 12.4 Å². The van der Waals surface area contributed by atoms with Crippen molar-refractivity contribution in [2.24, 2.45) is 7.05 Å². The summed E-state index contributed by atoms with van der Waals surface area (Å²) in [6, 6.07) is 5.75. The Labute approximate surface area is 123 Å². The number of hydrogen-bond donors (Lipinski definition) is 0. The molecule has 2 aromatic rings. The van der Waals surface area contributed by atoms with Crippen molar-refractivity contribution in [3.63, 3.8) is 0 Å². The predicted molar refractivity (Wildman–Crippen MR) is 81.4 cm³/mol. The molecule has 5 nitrogen and oxygen atoms in total. The Morgan fingerprint density at radius 2 is 2.10 bits per heavy atom. The monoisotopic (exact) mass is 288 g/mol. The molecule has 0 saturated carbocycles. The molecule has 0 N–H and O–H groups in total. The smallest absolute Gasteiger partial charge is 0.314 e. The van der Waals surface area contributed by atoms with Crippen LogP contribution in [0.1, 0.15) is 37.9 Å². The average Bonchev–Trinajstić information content (AvgIpc) is 2.49. The molecule has 0 aliphatic rings. The third-order valence-corrected chi connectivity index (χ3v) is 3.60. The number of carbonyl (C=O) groups is 1. The van der Waals surface area contributed by atoms with Crippen molar-refractivity contribution in [1.82, 2.24) is 9.78 Å². The van der Waals surface area contributed by atoms with Gasteiger partial charge in [-0.2, -0.15) is 5.10 Å². The van der Waals surface area contributed by atoms with Gasteiger partial charge in [-0.05, 0) is 38.0 Å². The fourth-order valence-corrected chi connectivity index (χ4v) is 2.33. The van der Waals surface area contributed by atoms with E-state index < -0.39 is 11.9 Å². The van der Waals surface area contributed by atoms with Crippen molar-refractivity contribution in [2.75, 3.05) is 6.61 Å². The molecule has 0 amide bonds. The van der Waals surface area contributed by atoms with Gasteiger partial charge in [0.1, 0.15) is 11.6 Å². The van der Waals surface area contributed by atoms with Gasteiger partial charge in [0.05, 0.1) is 12.1 Å². The Bertz CT molecular complexity index is 734. The fourth-order valence-electron chi connectivity index (χ4n) is 2.33. The van der Waals surface area contributed by atoms with Gasteiger partial charge in [0.15, 0.2) is 0 Å². The number of fused-ring (bicyclic) bond motifs is 1. The van der Waals surface area contributed by atoms with Crippen LogP contribution in [0.25, 0.3) is 10.9 Å². The van der Waals surface area contributed by atoms with E-state index in [1.807, 2.05) is 25.1 Å². The van der Waals surface area contributed by atoms with Crippen molar-refractivity contribution in [3.8, 4) is 0 Å². The molecule has 1 heterocycles. The van der Waals surface area contributed by atoms with Crippen LogP contribution in [0.2, 0.25) is 0 Å². The molecule has 1 atom stereocenters. The summed E-state index contributed by atoms with van der Waals surface area (Å²) in [5.74, 6) is -1.09. The van der Waals surface area contributed by atoms with Crippen LogP contribution < -0.4 is 5.43 Å². The van der Waals surface area contributed by atoms with Crippen LogP contribution in [0.15, 0.2) is 23.0 Å². The molecular formula is C16H20N2O3. The van der Waals surface area contributed by atoms with Crippen LogP contribution in [0.5, 0.6) is 0 Å². The first-order chi connectivity index (χ1) is 9.99.